The number of nitrogens with zero attached hydrogens (tertiary/aromatic N) is 1. The van der Waals surface area contributed by atoms with Crippen molar-refractivity contribution in [2.75, 3.05) is 13.1 Å². The van der Waals surface area contributed by atoms with Crippen molar-refractivity contribution in [1.82, 2.24) is 10.2 Å². The molecular formula is C12H24ClN3O2. The second kappa shape index (κ2) is 7.59. The average molecular weight is 278 g/mol. The predicted molar refractivity (Wildman–Crippen MR) is 73.5 cm³/mol. The van der Waals surface area contributed by atoms with Crippen LogP contribution in [-0.4, -0.2) is 41.9 Å². The van der Waals surface area contributed by atoms with Crippen LogP contribution in [0.3, 0.4) is 0 Å². The van der Waals surface area contributed by atoms with Gasteiger partial charge < -0.3 is 16.0 Å². The van der Waals surface area contributed by atoms with Crippen molar-refractivity contribution >= 4 is 24.2 Å². The Kier molecular flexibility index (Phi) is 7.25. The van der Waals surface area contributed by atoms with Crippen molar-refractivity contribution in [3.05, 3.63) is 0 Å². The van der Waals surface area contributed by atoms with Crippen molar-refractivity contribution in [3.8, 4) is 0 Å². The number of hydrogen-bond donors (Lipinski definition) is 2. The van der Waals surface area contributed by atoms with E-state index in [0.29, 0.717) is 25.9 Å². The van der Waals surface area contributed by atoms with Crippen molar-refractivity contribution in [1.29, 1.82) is 0 Å². The van der Waals surface area contributed by atoms with Gasteiger partial charge in [0.1, 0.15) is 6.04 Å². The van der Waals surface area contributed by atoms with Crippen LogP contribution < -0.4 is 11.1 Å². The molecule has 0 aromatic carbocycles. The second-order valence-corrected chi connectivity index (χ2v) is 5.08. The molecule has 1 fully saturated rings. The largest absolute Gasteiger partial charge is 0.353 e. The van der Waals surface area contributed by atoms with Crippen LogP contribution in [0.25, 0.3) is 0 Å². The molecule has 0 aromatic rings. The Balaban J connectivity index is 0.00000289. The van der Waals surface area contributed by atoms with E-state index in [-0.39, 0.29) is 42.2 Å². The molecule has 6 heteroatoms. The fourth-order valence-corrected chi connectivity index (χ4v) is 2.12. The number of nitrogens with one attached hydrogen (secondary N) is 1. The number of amides is 2. The molecule has 0 saturated carbocycles. The fraction of sp³-hybridized carbons (Fsp3) is 0.833. The summed E-state index contributed by atoms with van der Waals surface area (Å²) >= 11 is 0. The summed E-state index contributed by atoms with van der Waals surface area (Å²) in [6.07, 6.45) is 1.09. The number of carbonyl (C=O) groups is 2. The van der Waals surface area contributed by atoms with Gasteiger partial charge in [-0.15, -0.1) is 12.4 Å². The minimum absolute atomic E-state index is 0. The highest BCUT2D eigenvalue weighted by Gasteiger charge is 2.34. The first kappa shape index (κ1) is 17.2. The molecule has 1 aliphatic rings. The molecular weight excluding hydrogens is 254 g/mol. The lowest BCUT2D eigenvalue weighted by atomic mass is 9.99. The summed E-state index contributed by atoms with van der Waals surface area (Å²) in [5, 5.41) is 2.81. The van der Waals surface area contributed by atoms with E-state index < -0.39 is 0 Å². The molecule has 1 saturated heterocycles. The van der Waals surface area contributed by atoms with Crippen LogP contribution >= 0.6 is 12.4 Å². The van der Waals surface area contributed by atoms with Gasteiger partial charge in [-0.2, -0.15) is 0 Å². The number of piperazine rings is 1. The third-order valence-electron chi connectivity index (χ3n) is 3.02. The molecule has 0 aliphatic carbocycles. The maximum atomic E-state index is 12.1. The van der Waals surface area contributed by atoms with E-state index >= 15 is 0 Å². The lowest BCUT2D eigenvalue weighted by molar-refractivity contribution is -0.145. The zero-order valence-electron chi connectivity index (χ0n) is 11.3. The van der Waals surface area contributed by atoms with Crippen LogP contribution in [0.2, 0.25) is 0 Å². The van der Waals surface area contributed by atoms with Crippen LogP contribution in [0, 0.1) is 5.92 Å². The summed E-state index contributed by atoms with van der Waals surface area (Å²) in [7, 11) is 0. The summed E-state index contributed by atoms with van der Waals surface area (Å²) in [5.74, 6) is 0.130. The Hall–Kier alpha value is -0.810. The van der Waals surface area contributed by atoms with Gasteiger partial charge in [-0.3, -0.25) is 9.59 Å². The lowest BCUT2D eigenvalue weighted by Gasteiger charge is -2.37. The highest BCUT2D eigenvalue weighted by atomic mass is 35.5. The zero-order chi connectivity index (χ0) is 13.0. The number of nitrogens with two attached hydrogens (primary N) is 1. The van der Waals surface area contributed by atoms with E-state index in [1.165, 1.54) is 0 Å². The van der Waals surface area contributed by atoms with Crippen molar-refractivity contribution in [2.45, 2.75) is 45.7 Å². The van der Waals surface area contributed by atoms with Gasteiger partial charge in [-0.25, -0.2) is 0 Å². The third kappa shape index (κ3) is 4.46. The van der Waals surface area contributed by atoms with Gasteiger partial charge in [-0.05, 0) is 19.3 Å². The highest BCUT2D eigenvalue weighted by Crippen LogP contribution is 2.16. The molecule has 0 spiro atoms. The fourth-order valence-electron chi connectivity index (χ4n) is 2.12. The Morgan fingerprint density at radius 1 is 1.50 bits per heavy atom. The van der Waals surface area contributed by atoms with E-state index in [4.69, 9.17) is 5.73 Å². The SMILES string of the molecule is CC(N)CCC(=O)N1CCNC(=O)C1C(C)C.Cl. The first-order chi connectivity index (χ1) is 7.93. The Labute approximate surface area is 115 Å². The normalized spacial score (nSPS) is 21.3. The van der Waals surface area contributed by atoms with E-state index in [2.05, 4.69) is 5.32 Å². The minimum atomic E-state index is -0.329. The Morgan fingerprint density at radius 2 is 2.11 bits per heavy atom. The second-order valence-electron chi connectivity index (χ2n) is 5.08. The Morgan fingerprint density at radius 3 is 2.61 bits per heavy atom. The van der Waals surface area contributed by atoms with Gasteiger partial charge in [0.15, 0.2) is 0 Å². The highest BCUT2D eigenvalue weighted by molar-refractivity contribution is 5.89. The lowest BCUT2D eigenvalue weighted by Crippen LogP contribution is -2.59. The summed E-state index contributed by atoms with van der Waals surface area (Å²) in [6, 6.07) is -0.306. The van der Waals surface area contributed by atoms with Crippen molar-refractivity contribution in [2.24, 2.45) is 11.7 Å². The number of rotatable bonds is 4. The predicted octanol–water partition coefficient (Wildman–Crippen LogP) is 0.519. The maximum absolute atomic E-state index is 12.1. The average Bonchev–Trinajstić information content (AvgIpc) is 2.24. The molecule has 5 nitrogen and oxygen atoms in total. The van der Waals surface area contributed by atoms with E-state index in [1.807, 2.05) is 20.8 Å². The zero-order valence-corrected chi connectivity index (χ0v) is 12.1. The number of hydrogen-bond acceptors (Lipinski definition) is 3. The summed E-state index contributed by atoms with van der Waals surface area (Å²) < 4.78 is 0. The third-order valence-corrected chi connectivity index (χ3v) is 3.02. The van der Waals surface area contributed by atoms with Gasteiger partial charge >= 0.3 is 0 Å². The molecule has 18 heavy (non-hydrogen) atoms. The molecule has 2 atom stereocenters. The van der Waals surface area contributed by atoms with Crippen LogP contribution in [0.15, 0.2) is 0 Å². The first-order valence-corrected chi connectivity index (χ1v) is 6.26. The monoisotopic (exact) mass is 277 g/mol. The van der Waals surface area contributed by atoms with Crippen LogP contribution in [0.5, 0.6) is 0 Å². The molecule has 106 valence electrons. The molecule has 2 amide bonds. The standard InChI is InChI=1S/C12H23N3O2.ClH/c1-8(2)11-12(17)14-6-7-15(11)10(16)5-4-9(3)13;/h8-9,11H,4-7,13H2,1-3H3,(H,14,17);1H. The van der Waals surface area contributed by atoms with Gasteiger partial charge in [0, 0.05) is 25.6 Å². The quantitative estimate of drug-likeness (QED) is 0.787. The first-order valence-electron chi connectivity index (χ1n) is 6.26. The smallest absolute Gasteiger partial charge is 0.243 e. The number of carbonyl (C=O) groups excluding carboxylic acids is 2. The minimum Gasteiger partial charge on any atom is -0.353 e. The summed E-state index contributed by atoms with van der Waals surface area (Å²) in [4.78, 5) is 25.5. The molecule has 1 aliphatic heterocycles. The molecule has 3 N–H and O–H groups in total. The van der Waals surface area contributed by atoms with E-state index in [9.17, 15) is 9.59 Å². The number of halogens is 1. The molecule has 0 aromatic heterocycles. The van der Waals surface area contributed by atoms with Gasteiger partial charge in [0.05, 0.1) is 0 Å². The summed E-state index contributed by atoms with van der Waals surface area (Å²) in [6.45, 7) is 6.96. The van der Waals surface area contributed by atoms with Gasteiger partial charge in [0.2, 0.25) is 11.8 Å². The van der Waals surface area contributed by atoms with Crippen LogP contribution in [0.4, 0.5) is 0 Å². The molecule has 1 rings (SSSR count). The van der Waals surface area contributed by atoms with Crippen LogP contribution in [0.1, 0.15) is 33.6 Å². The topological polar surface area (TPSA) is 75.4 Å². The maximum Gasteiger partial charge on any atom is 0.243 e. The summed E-state index contributed by atoms with van der Waals surface area (Å²) in [5.41, 5.74) is 5.64. The van der Waals surface area contributed by atoms with Crippen LogP contribution in [-0.2, 0) is 9.59 Å². The van der Waals surface area contributed by atoms with E-state index in [1.54, 1.807) is 4.90 Å². The van der Waals surface area contributed by atoms with Gasteiger partial charge in [0.25, 0.3) is 0 Å². The molecule has 2 unspecified atom stereocenters. The van der Waals surface area contributed by atoms with Crippen molar-refractivity contribution < 1.29 is 9.59 Å². The van der Waals surface area contributed by atoms with E-state index in [0.717, 1.165) is 0 Å². The Bertz CT molecular complexity index is 295. The molecule has 0 bridgehead atoms. The molecule has 1 heterocycles. The van der Waals surface area contributed by atoms with Crippen molar-refractivity contribution in [3.63, 3.8) is 0 Å². The van der Waals surface area contributed by atoms with Gasteiger partial charge in [-0.1, -0.05) is 13.8 Å². The molecule has 0 radical (unpaired) electrons.